The van der Waals surface area contributed by atoms with E-state index in [0.717, 1.165) is 9.48 Å². The summed E-state index contributed by atoms with van der Waals surface area (Å²) in [6.07, 6.45) is 1.35. The van der Waals surface area contributed by atoms with Crippen LogP contribution in [0.1, 0.15) is 17.4 Å². The molecule has 0 radical (unpaired) electrons. The Kier molecular flexibility index (Phi) is 3.27. The smallest absolute Gasteiger partial charge is 0.272 e. The van der Waals surface area contributed by atoms with Crippen molar-refractivity contribution in [3.05, 3.63) is 18.0 Å². The predicted molar refractivity (Wildman–Crippen MR) is 66.3 cm³/mol. The summed E-state index contributed by atoms with van der Waals surface area (Å²) in [4.78, 5) is 23.9. The second kappa shape index (κ2) is 4.88. The van der Waals surface area contributed by atoms with E-state index in [4.69, 9.17) is 5.73 Å². The number of rotatable bonds is 3. The molecule has 0 atom stereocenters. The van der Waals surface area contributed by atoms with E-state index in [-0.39, 0.29) is 30.0 Å². The highest BCUT2D eigenvalue weighted by molar-refractivity contribution is 5.87. The zero-order chi connectivity index (χ0) is 14.0. The number of aryl methyl sites for hydroxylation is 1. The Morgan fingerprint density at radius 1 is 1.42 bits per heavy atom. The lowest BCUT2D eigenvalue weighted by Crippen LogP contribution is -2.22. The van der Waals surface area contributed by atoms with E-state index in [9.17, 15) is 9.59 Å². The van der Waals surface area contributed by atoms with Crippen LogP contribution in [0, 0.1) is 6.92 Å². The van der Waals surface area contributed by atoms with Crippen molar-refractivity contribution in [2.24, 2.45) is 0 Å². The van der Waals surface area contributed by atoms with Crippen LogP contribution in [0.5, 0.6) is 0 Å². The van der Waals surface area contributed by atoms with Gasteiger partial charge in [-0.25, -0.2) is 0 Å². The number of nitrogens with one attached hydrogen (secondary N) is 1. The molecule has 2 heterocycles. The Morgan fingerprint density at radius 2 is 2.16 bits per heavy atom. The highest BCUT2D eigenvalue weighted by atomic mass is 16.2. The SMILES string of the molecule is CC(=O)Nc1cnn(CC(=O)n2nc(C)cc2N)n1. The number of nitrogens with two attached hydrogens (primary N) is 1. The van der Waals surface area contributed by atoms with E-state index in [0.29, 0.717) is 5.69 Å². The summed E-state index contributed by atoms with van der Waals surface area (Å²) in [6, 6.07) is 1.59. The first-order valence-corrected chi connectivity index (χ1v) is 5.49. The zero-order valence-corrected chi connectivity index (χ0v) is 10.5. The quantitative estimate of drug-likeness (QED) is 0.781. The highest BCUT2D eigenvalue weighted by Gasteiger charge is 2.13. The van der Waals surface area contributed by atoms with Crippen LogP contribution in [-0.4, -0.2) is 36.6 Å². The first-order valence-electron chi connectivity index (χ1n) is 5.49. The number of nitrogen functional groups attached to an aromatic ring is 1. The van der Waals surface area contributed by atoms with Gasteiger partial charge in [0.1, 0.15) is 12.4 Å². The number of amides is 1. The minimum absolute atomic E-state index is 0.120. The molecule has 9 heteroatoms. The van der Waals surface area contributed by atoms with Crippen LogP contribution in [-0.2, 0) is 11.3 Å². The van der Waals surface area contributed by atoms with Crippen LogP contribution in [0.15, 0.2) is 12.3 Å². The fourth-order valence-electron chi connectivity index (χ4n) is 1.52. The van der Waals surface area contributed by atoms with Gasteiger partial charge in [-0.1, -0.05) is 0 Å². The van der Waals surface area contributed by atoms with Gasteiger partial charge in [0.25, 0.3) is 5.91 Å². The van der Waals surface area contributed by atoms with E-state index in [2.05, 4.69) is 20.6 Å². The summed E-state index contributed by atoms with van der Waals surface area (Å²) in [5.74, 6) is -0.0810. The topological polar surface area (TPSA) is 121 Å². The molecule has 0 aromatic carbocycles. The molecule has 0 aliphatic carbocycles. The molecule has 3 N–H and O–H groups in total. The number of nitrogens with zero attached hydrogens (tertiary/aromatic N) is 5. The van der Waals surface area contributed by atoms with Crippen LogP contribution in [0.25, 0.3) is 0 Å². The molecule has 2 aromatic rings. The van der Waals surface area contributed by atoms with Crippen molar-refractivity contribution >= 4 is 23.5 Å². The van der Waals surface area contributed by atoms with E-state index >= 15 is 0 Å². The molecular weight excluding hydrogens is 250 g/mol. The van der Waals surface area contributed by atoms with Gasteiger partial charge in [-0.3, -0.25) is 9.59 Å². The molecule has 0 spiro atoms. The van der Waals surface area contributed by atoms with Crippen molar-refractivity contribution in [3.8, 4) is 0 Å². The van der Waals surface area contributed by atoms with Crippen LogP contribution in [0.4, 0.5) is 11.6 Å². The largest absolute Gasteiger partial charge is 0.383 e. The molecule has 0 unspecified atom stereocenters. The molecule has 0 fully saturated rings. The number of hydrogen-bond acceptors (Lipinski definition) is 6. The normalized spacial score (nSPS) is 10.4. The van der Waals surface area contributed by atoms with Gasteiger partial charge in [0.2, 0.25) is 5.91 Å². The van der Waals surface area contributed by atoms with E-state index in [1.54, 1.807) is 13.0 Å². The second-order valence-electron chi connectivity index (χ2n) is 3.96. The number of carbonyl (C=O) groups excluding carboxylic acids is 2. The van der Waals surface area contributed by atoms with Crippen molar-refractivity contribution in [2.75, 3.05) is 11.1 Å². The molecular formula is C10H13N7O2. The van der Waals surface area contributed by atoms with Gasteiger partial charge in [0, 0.05) is 13.0 Å². The second-order valence-corrected chi connectivity index (χ2v) is 3.96. The fraction of sp³-hybridized carbons (Fsp3) is 0.300. The summed E-state index contributed by atoms with van der Waals surface area (Å²) < 4.78 is 1.09. The maximum atomic E-state index is 11.9. The molecule has 0 aliphatic heterocycles. The fourth-order valence-corrected chi connectivity index (χ4v) is 1.52. The van der Waals surface area contributed by atoms with Crippen molar-refractivity contribution in [2.45, 2.75) is 20.4 Å². The average Bonchev–Trinajstić information content (AvgIpc) is 2.84. The monoisotopic (exact) mass is 263 g/mol. The lowest BCUT2D eigenvalue weighted by atomic mass is 10.5. The lowest BCUT2D eigenvalue weighted by molar-refractivity contribution is -0.114. The standard InChI is InChI=1S/C10H13N7O2/c1-6-3-8(11)17(14-6)10(19)5-16-12-4-9(15-16)13-7(2)18/h3-4H,5,11H2,1-2H3,(H,13,15,18). The zero-order valence-electron chi connectivity index (χ0n) is 10.5. The van der Waals surface area contributed by atoms with E-state index in [1.165, 1.54) is 13.1 Å². The van der Waals surface area contributed by atoms with Crippen LogP contribution in [0.3, 0.4) is 0 Å². The van der Waals surface area contributed by atoms with Crippen LogP contribution >= 0.6 is 0 Å². The third kappa shape index (κ3) is 2.94. The molecule has 0 saturated heterocycles. The molecule has 19 heavy (non-hydrogen) atoms. The van der Waals surface area contributed by atoms with Crippen molar-refractivity contribution < 1.29 is 9.59 Å². The number of hydrogen-bond donors (Lipinski definition) is 2. The molecule has 0 bridgehead atoms. The number of aromatic nitrogens is 5. The van der Waals surface area contributed by atoms with Gasteiger partial charge in [0.15, 0.2) is 5.82 Å². The Labute approximate surface area is 108 Å². The highest BCUT2D eigenvalue weighted by Crippen LogP contribution is 2.06. The third-order valence-electron chi connectivity index (χ3n) is 2.21. The molecule has 9 nitrogen and oxygen atoms in total. The van der Waals surface area contributed by atoms with Crippen molar-refractivity contribution in [1.82, 2.24) is 24.8 Å². The summed E-state index contributed by atoms with van der Waals surface area (Å²) in [5.41, 5.74) is 6.29. The summed E-state index contributed by atoms with van der Waals surface area (Å²) in [6.45, 7) is 2.98. The molecule has 100 valence electrons. The maximum absolute atomic E-state index is 11.9. The van der Waals surface area contributed by atoms with E-state index < -0.39 is 0 Å². The molecule has 2 aromatic heterocycles. The lowest BCUT2D eigenvalue weighted by Gasteiger charge is -2.01. The summed E-state index contributed by atoms with van der Waals surface area (Å²) in [7, 11) is 0. The van der Waals surface area contributed by atoms with Crippen molar-refractivity contribution in [3.63, 3.8) is 0 Å². The number of carbonyl (C=O) groups is 2. The third-order valence-corrected chi connectivity index (χ3v) is 2.21. The minimum Gasteiger partial charge on any atom is -0.383 e. The number of anilines is 2. The average molecular weight is 263 g/mol. The Balaban J connectivity index is 2.09. The van der Waals surface area contributed by atoms with Gasteiger partial charge in [-0.05, 0) is 6.92 Å². The van der Waals surface area contributed by atoms with Gasteiger partial charge in [0.05, 0.1) is 11.9 Å². The minimum atomic E-state index is -0.365. The predicted octanol–water partition coefficient (Wildman–Crippen LogP) is -0.336. The first kappa shape index (κ1) is 12.7. The van der Waals surface area contributed by atoms with Gasteiger partial charge in [-0.2, -0.15) is 19.7 Å². The maximum Gasteiger partial charge on any atom is 0.272 e. The van der Waals surface area contributed by atoms with Gasteiger partial charge >= 0.3 is 0 Å². The van der Waals surface area contributed by atoms with Crippen LogP contribution in [0.2, 0.25) is 0 Å². The summed E-state index contributed by atoms with van der Waals surface area (Å²) >= 11 is 0. The van der Waals surface area contributed by atoms with Crippen LogP contribution < -0.4 is 11.1 Å². The molecule has 0 aliphatic rings. The Bertz CT molecular complexity index is 628. The Morgan fingerprint density at radius 3 is 2.74 bits per heavy atom. The summed E-state index contributed by atoms with van der Waals surface area (Å²) in [5, 5.41) is 14.2. The first-order chi connectivity index (χ1) is 8.95. The van der Waals surface area contributed by atoms with Crippen molar-refractivity contribution in [1.29, 1.82) is 0 Å². The molecule has 0 saturated carbocycles. The molecule has 1 amide bonds. The van der Waals surface area contributed by atoms with E-state index in [1.807, 2.05) is 0 Å². The van der Waals surface area contributed by atoms with Gasteiger partial charge < -0.3 is 11.1 Å². The van der Waals surface area contributed by atoms with Gasteiger partial charge in [-0.15, -0.1) is 5.10 Å². The molecule has 2 rings (SSSR count). The Hall–Kier alpha value is -2.71.